The lowest BCUT2D eigenvalue weighted by Crippen LogP contribution is -2.23. The van der Waals surface area contributed by atoms with Gasteiger partial charge in [0.2, 0.25) is 5.91 Å². The van der Waals surface area contributed by atoms with E-state index in [4.69, 9.17) is 9.47 Å². The van der Waals surface area contributed by atoms with Gasteiger partial charge in [0.15, 0.2) is 0 Å². The Morgan fingerprint density at radius 1 is 0.973 bits per heavy atom. The number of rotatable bonds is 11. The Morgan fingerprint density at radius 3 is 2.41 bits per heavy atom. The fraction of sp³-hybridized carbons (Fsp3) is 0.207. The van der Waals surface area contributed by atoms with Crippen LogP contribution in [0.3, 0.4) is 0 Å². The molecule has 0 radical (unpaired) electrons. The number of carbonyl (C=O) groups excluding carboxylic acids is 1. The molecule has 0 atom stereocenters. The maximum atomic E-state index is 12.6. The quantitative estimate of drug-likeness (QED) is 0.245. The van der Waals surface area contributed by atoms with E-state index in [1.165, 1.54) is 6.33 Å². The van der Waals surface area contributed by atoms with Crippen LogP contribution in [-0.4, -0.2) is 47.5 Å². The van der Waals surface area contributed by atoms with Gasteiger partial charge in [0.05, 0.1) is 18.3 Å². The number of para-hydroxylation sites is 1. The van der Waals surface area contributed by atoms with E-state index in [2.05, 4.69) is 39.3 Å². The third-order valence-corrected chi connectivity index (χ3v) is 5.84. The van der Waals surface area contributed by atoms with Crippen molar-refractivity contribution < 1.29 is 14.3 Å². The summed E-state index contributed by atoms with van der Waals surface area (Å²) in [6.07, 6.45) is 4.89. The van der Waals surface area contributed by atoms with E-state index in [0.717, 1.165) is 35.7 Å². The zero-order chi connectivity index (χ0) is 26.0. The second-order valence-corrected chi connectivity index (χ2v) is 8.23. The van der Waals surface area contributed by atoms with Crippen molar-refractivity contribution in [2.45, 2.75) is 13.8 Å². The summed E-state index contributed by atoms with van der Waals surface area (Å²) in [7, 11) is 1.56. The van der Waals surface area contributed by atoms with Gasteiger partial charge < -0.3 is 25.0 Å². The monoisotopic (exact) mass is 497 g/mol. The molecule has 0 aliphatic heterocycles. The van der Waals surface area contributed by atoms with Crippen LogP contribution in [0.5, 0.6) is 17.2 Å². The SMILES string of the molecule is CCN(CC)CC=CC(=O)Nc1cc2c(Nc3ccc(Oc4ccccc4)cc3)ncnc2cc1OC. The number of fused-ring (bicyclic) bond motifs is 1. The standard InChI is InChI=1S/C29H31N5O3/c1-4-34(5-2)17-9-12-28(35)33-26-18-24-25(19-27(26)36-3)30-20-31-29(24)32-21-13-15-23(16-14-21)37-22-10-7-6-8-11-22/h6-16,18-20H,4-5,17H2,1-3H3,(H,33,35)(H,30,31,32). The third kappa shape index (κ3) is 6.83. The summed E-state index contributed by atoms with van der Waals surface area (Å²) in [4.78, 5) is 23.6. The highest BCUT2D eigenvalue weighted by Crippen LogP contribution is 2.33. The summed E-state index contributed by atoms with van der Waals surface area (Å²) < 4.78 is 11.4. The van der Waals surface area contributed by atoms with Gasteiger partial charge in [-0.05, 0) is 55.6 Å². The highest BCUT2D eigenvalue weighted by molar-refractivity contribution is 6.03. The predicted molar refractivity (Wildman–Crippen MR) is 148 cm³/mol. The maximum Gasteiger partial charge on any atom is 0.248 e. The van der Waals surface area contributed by atoms with Gasteiger partial charge in [0.1, 0.15) is 29.4 Å². The normalized spacial score (nSPS) is 11.1. The number of nitrogens with zero attached hydrogens (tertiary/aromatic N) is 3. The maximum absolute atomic E-state index is 12.6. The molecule has 0 spiro atoms. The van der Waals surface area contributed by atoms with E-state index in [1.54, 1.807) is 19.3 Å². The first-order chi connectivity index (χ1) is 18.1. The Kier molecular flexibility index (Phi) is 8.67. The second-order valence-electron chi connectivity index (χ2n) is 8.23. The number of aromatic nitrogens is 2. The Morgan fingerprint density at radius 2 is 1.70 bits per heavy atom. The summed E-state index contributed by atoms with van der Waals surface area (Å²) in [5.74, 6) is 2.40. The molecular weight excluding hydrogens is 466 g/mol. The van der Waals surface area contributed by atoms with Crippen molar-refractivity contribution in [3.05, 3.63) is 85.2 Å². The highest BCUT2D eigenvalue weighted by atomic mass is 16.5. The molecule has 0 aliphatic rings. The molecule has 37 heavy (non-hydrogen) atoms. The number of nitrogens with one attached hydrogen (secondary N) is 2. The van der Waals surface area contributed by atoms with Gasteiger partial charge in [0.25, 0.3) is 0 Å². The number of amides is 1. The minimum atomic E-state index is -0.231. The van der Waals surface area contributed by atoms with Crippen molar-refractivity contribution in [2.24, 2.45) is 0 Å². The summed E-state index contributed by atoms with van der Waals surface area (Å²) >= 11 is 0. The molecule has 1 heterocycles. The Labute approximate surface area is 217 Å². The fourth-order valence-corrected chi connectivity index (χ4v) is 3.78. The van der Waals surface area contributed by atoms with Gasteiger partial charge in [-0.1, -0.05) is 38.1 Å². The summed E-state index contributed by atoms with van der Waals surface area (Å²) in [6, 6.07) is 20.8. The van der Waals surface area contributed by atoms with Crippen LogP contribution in [0.2, 0.25) is 0 Å². The Bertz CT molecular complexity index is 1350. The zero-order valence-electron chi connectivity index (χ0n) is 21.3. The fourth-order valence-electron chi connectivity index (χ4n) is 3.78. The van der Waals surface area contributed by atoms with Crippen molar-refractivity contribution >= 4 is 34.0 Å². The molecular formula is C29H31N5O3. The molecule has 190 valence electrons. The van der Waals surface area contributed by atoms with Crippen molar-refractivity contribution in [3.63, 3.8) is 0 Å². The van der Waals surface area contributed by atoms with Crippen LogP contribution < -0.4 is 20.1 Å². The molecule has 4 aromatic rings. The van der Waals surface area contributed by atoms with Gasteiger partial charge in [-0.3, -0.25) is 4.79 Å². The summed E-state index contributed by atoms with van der Waals surface area (Å²) in [6.45, 7) is 6.77. The molecule has 8 nitrogen and oxygen atoms in total. The Balaban J connectivity index is 1.52. The minimum Gasteiger partial charge on any atom is -0.494 e. The van der Waals surface area contributed by atoms with Crippen LogP contribution in [0, 0.1) is 0 Å². The topological polar surface area (TPSA) is 88.6 Å². The van der Waals surface area contributed by atoms with Crippen LogP contribution in [0.1, 0.15) is 13.8 Å². The van der Waals surface area contributed by atoms with Crippen LogP contribution in [0.4, 0.5) is 17.2 Å². The number of benzene rings is 3. The van der Waals surface area contributed by atoms with E-state index >= 15 is 0 Å². The van der Waals surface area contributed by atoms with Gasteiger partial charge in [0, 0.05) is 29.8 Å². The second kappa shape index (κ2) is 12.5. The third-order valence-electron chi connectivity index (χ3n) is 5.84. The van der Waals surface area contributed by atoms with Gasteiger partial charge in [-0.25, -0.2) is 9.97 Å². The molecule has 1 aromatic heterocycles. The number of hydrogen-bond donors (Lipinski definition) is 2. The van der Waals surface area contributed by atoms with Crippen LogP contribution in [0.15, 0.2) is 85.2 Å². The van der Waals surface area contributed by atoms with Crippen molar-refractivity contribution in [2.75, 3.05) is 37.4 Å². The predicted octanol–water partition coefficient (Wildman–Crippen LogP) is 6.01. The van der Waals surface area contributed by atoms with E-state index < -0.39 is 0 Å². The van der Waals surface area contributed by atoms with Gasteiger partial charge >= 0.3 is 0 Å². The molecule has 4 rings (SSSR count). The first-order valence-corrected chi connectivity index (χ1v) is 12.2. The zero-order valence-corrected chi connectivity index (χ0v) is 21.3. The summed E-state index contributed by atoms with van der Waals surface area (Å²) in [5, 5.41) is 7.00. The van der Waals surface area contributed by atoms with E-state index in [9.17, 15) is 4.79 Å². The number of methoxy groups -OCH3 is 1. The first kappa shape index (κ1) is 25.7. The molecule has 0 unspecified atom stereocenters. The minimum absolute atomic E-state index is 0.231. The van der Waals surface area contributed by atoms with Gasteiger partial charge in [-0.2, -0.15) is 0 Å². The lowest BCUT2D eigenvalue weighted by Gasteiger charge is -2.15. The van der Waals surface area contributed by atoms with Crippen LogP contribution in [0.25, 0.3) is 10.9 Å². The summed E-state index contributed by atoms with van der Waals surface area (Å²) in [5.41, 5.74) is 2.06. The molecule has 0 saturated carbocycles. The average Bonchev–Trinajstić information content (AvgIpc) is 2.93. The first-order valence-electron chi connectivity index (χ1n) is 12.2. The molecule has 0 saturated heterocycles. The van der Waals surface area contributed by atoms with Crippen molar-refractivity contribution in [3.8, 4) is 17.2 Å². The molecule has 2 N–H and O–H groups in total. The molecule has 0 aliphatic carbocycles. The molecule has 3 aromatic carbocycles. The number of likely N-dealkylation sites (N-methyl/N-ethyl adjacent to an activating group) is 1. The smallest absolute Gasteiger partial charge is 0.248 e. The highest BCUT2D eigenvalue weighted by Gasteiger charge is 2.12. The van der Waals surface area contributed by atoms with Crippen LogP contribution in [-0.2, 0) is 4.79 Å². The van der Waals surface area contributed by atoms with E-state index in [1.807, 2.05) is 66.7 Å². The van der Waals surface area contributed by atoms with Crippen LogP contribution >= 0.6 is 0 Å². The van der Waals surface area contributed by atoms with Gasteiger partial charge in [-0.15, -0.1) is 0 Å². The number of ether oxygens (including phenoxy) is 2. The Hall–Kier alpha value is -4.43. The lowest BCUT2D eigenvalue weighted by molar-refractivity contribution is -0.111. The van der Waals surface area contributed by atoms with E-state index in [0.29, 0.717) is 29.3 Å². The average molecular weight is 498 g/mol. The number of anilines is 3. The largest absolute Gasteiger partial charge is 0.494 e. The lowest BCUT2D eigenvalue weighted by atomic mass is 10.1. The van der Waals surface area contributed by atoms with E-state index in [-0.39, 0.29) is 5.91 Å². The molecule has 0 bridgehead atoms. The van der Waals surface area contributed by atoms with Crippen molar-refractivity contribution in [1.82, 2.24) is 14.9 Å². The molecule has 0 fully saturated rings. The number of hydrogen-bond acceptors (Lipinski definition) is 7. The molecule has 8 heteroatoms. The molecule has 1 amide bonds. The van der Waals surface area contributed by atoms with Crippen molar-refractivity contribution in [1.29, 1.82) is 0 Å². The number of carbonyl (C=O) groups is 1.